The fourth-order valence-electron chi connectivity index (χ4n) is 2.41. The van der Waals surface area contributed by atoms with Crippen LogP contribution in [-0.4, -0.2) is 23.8 Å². The Kier molecular flexibility index (Phi) is 3.85. The number of aromatic nitrogens is 1. The molecule has 0 saturated heterocycles. The summed E-state index contributed by atoms with van der Waals surface area (Å²) in [7, 11) is 1.57. The van der Waals surface area contributed by atoms with Crippen LogP contribution >= 0.6 is 0 Å². The molecule has 5 nitrogen and oxygen atoms in total. The smallest absolute Gasteiger partial charge is 0.296 e. The molecule has 3 aromatic rings. The largest absolute Gasteiger partial charge is 0.497 e. The summed E-state index contributed by atoms with van der Waals surface area (Å²) >= 11 is 0. The van der Waals surface area contributed by atoms with Gasteiger partial charge in [-0.1, -0.05) is 11.6 Å². The molecule has 0 spiro atoms. The number of H-pyrrole nitrogens is 1. The molecule has 3 rings (SSSR count). The molecule has 1 amide bonds. The predicted octanol–water partition coefficient (Wildman–Crippen LogP) is 3.31. The maximum Gasteiger partial charge on any atom is 0.296 e. The third-order valence-electron chi connectivity index (χ3n) is 3.64. The van der Waals surface area contributed by atoms with Gasteiger partial charge in [-0.25, -0.2) is 0 Å². The fraction of sp³-hybridized carbons (Fsp3) is 0.111. The van der Waals surface area contributed by atoms with E-state index in [1.54, 1.807) is 37.6 Å². The number of ether oxygens (including phenoxy) is 1. The number of fused-ring (bicyclic) bond motifs is 1. The lowest BCUT2D eigenvalue weighted by atomic mass is 10.1. The summed E-state index contributed by atoms with van der Waals surface area (Å²) in [6.45, 7) is 1.94. The number of aryl methyl sites for hydroxylation is 1. The summed E-state index contributed by atoms with van der Waals surface area (Å²) in [6, 6.07) is 12.5. The zero-order valence-corrected chi connectivity index (χ0v) is 12.8. The number of nitrogens with one attached hydrogen (secondary N) is 2. The molecule has 5 heteroatoms. The number of hydrogen-bond donors (Lipinski definition) is 2. The molecule has 0 aliphatic carbocycles. The molecule has 1 heterocycles. The molecule has 2 aromatic carbocycles. The predicted molar refractivity (Wildman–Crippen MR) is 89.0 cm³/mol. The second-order valence-electron chi connectivity index (χ2n) is 5.26. The highest BCUT2D eigenvalue weighted by Crippen LogP contribution is 2.21. The summed E-state index contributed by atoms with van der Waals surface area (Å²) in [4.78, 5) is 27.6. The SMILES string of the molecule is COc1ccc(NC(=O)C(=O)c2c[nH]c3ccc(C)cc23)cc1. The van der Waals surface area contributed by atoms with Gasteiger partial charge in [-0.15, -0.1) is 0 Å². The number of rotatable bonds is 4. The second kappa shape index (κ2) is 5.96. The molecule has 0 atom stereocenters. The Hall–Kier alpha value is -3.08. The molecule has 0 aliphatic rings. The number of carbonyl (C=O) groups is 2. The van der Waals surface area contributed by atoms with Crippen LogP contribution < -0.4 is 10.1 Å². The third-order valence-corrected chi connectivity index (χ3v) is 3.64. The topological polar surface area (TPSA) is 71.2 Å². The lowest BCUT2D eigenvalue weighted by Crippen LogP contribution is -2.22. The van der Waals surface area contributed by atoms with Crippen molar-refractivity contribution in [1.29, 1.82) is 0 Å². The van der Waals surface area contributed by atoms with E-state index in [2.05, 4.69) is 10.3 Å². The van der Waals surface area contributed by atoms with Gasteiger partial charge in [0.1, 0.15) is 5.75 Å². The van der Waals surface area contributed by atoms with Crippen LogP contribution in [0.5, 0.6) is 5.75 Å². The summed E-state index contributed by atoms with van der Waals surface area (Å²) in [5, 5.41) is 3.35. The molecule has 2 N–H and O–H groups in total. The molecule has 0 aliphatic heterocycles. The van der Waals surface area contributed by atoms with E-state index in [4.69, 9.17) is 4.74 Å². The van der Waals surface area contributed by atoms with Gasteiger partial charge in [0.15, 0.2) is 0 Å². The van der Waals surface area contributed by atoms with Crippen molar-refractivity contribution in [2.24, 2.45) is 0 Å². The average molecular weight is 308 g/mol. The number of ketones is 1. The first-order valence-electron chi connectivity index (χ1n) is 7.16. The summed E-state index contributed by atoms with van der Waals surface area (Å²) in [6.07, 6.45) is 1.57. The Morgan fingerprint density at radius 2 is 1.83 bits per heavy atom. The minimum Gasteiger partial charge on any atom is -0.497 e. The molecule has 0 saturated carbocycles. The maximum atomic E-state index is 12.4. The Labute approximate surface area is 133 Å². The van der Waals surface area contributed by atoms with Crippen LogP contribution in [0.4, 0.5) is 5.69 Å². The molecule has 0 bridgehead atoms. The highest BCUT2D eigenvalue weighted by molar-refractivity contribution is 6.48. The second-order valence-corrected chi connectivity index (χ2v) is 5.26. The van der Waals surface area contributed by atoms with E-state index in [0.29, 0.717) is 17.0 Å². The first kappa shape index (κ1) is 14.8. The first-order chi connectivity index (χ1) is 11.1. The van der Waals surface area contributed by atoms with E-state index in [0.717, 1.165) is 16.5 Å². The van der Waals surface area contributed by atoms with Crippen molar-refractivity contribution < 1.29 is 14.3 Å². The minimum absolute atomic E-state index is 0.370. The van der Waals surface area contributed by atoms with Crippen LogP contribution in [0, 0.1) is 6.92 Å². The molecular weight excluding hydrogens is 292 g/mol. The number of amides is 1. The first-order valence-corrected chi connectivity index (χ1v) is 7.16. The quantitative estimate of drug-likeness (QED) is 0.574. The van der Waals surface area contributed by atoms with Crippen molar-refractivity contribution in [2.45, 2.75) is 6.92 Å². The number of carbonyl (C=O) groups excluding carboxylic acids is 2. The minimum atomic E-state index is -0.669. The van der Waals surface area contributed by atoms with Crippen LogP contribution in [0.2, 0.25) is 0 Å². The summed E-state index contributed by atoms with van der Waals surface area (Å²) < 4.78 is 5.06. The molecule has 1 aromatic heterocycles. The van der Waals surface area contributed by atoms with Crippen LogP contribution in [-0.2, 0) is 4.79 Å². The molecular formula is C18H16N2O3. The van der Waals surface area contributed by atoms with Gasteiger partial charge in [0.05, 0.1) is 12.7 Å². The van der Waals surface area contributed by atoms with Crippen molar-refractivity contribution in [3.63, 3.8) is 0 Å². The van der Waals surface area contributed by atoms with E-state index in [1.165, 1.54) is 0 Å². The molecule has 0 radical (unpaired) electrons. The van der Waals surface area contributed by atoms with E-state index >= 15 is 0 Å². The number of methoxy groups -OCH3 is 1. The van der Waals surface area contributed by atoms with Crippen LogP contribution in [0.15, 0.2) is 48.7 Å². The standard InChI is InChI=1S/C18H16N2O3/c1-11-3-8-16-14(9-11)15(10-19-16)17(21)18(22)20-12-4-6-13(23-2)7-5-12/h3-10,19H,1-2H3,(H,20,22). The van der Waals surface area contributed by atoms with Gasteiger partial charge in [-0.2, -0.15) is 0 Å². The fourth-order valence-corrected chi connectivity index (χ4v) is 2.41. The molecule has 116 valence electrons. The van der Waals surface area contributed by atoms with E-state index in [-0.39, 0.29) is 0 Å². The summed E-state index contributed by atoms with van der Waals surface area (Å²) in [5.41, 5.74) is 2.77. The van der Waals surface area contributed by atoms with Gasteiger partial charge in [-0.3, -0.25) is 9.59 Å². The third kappa shape index (κ3) is 2.94. The van der Waals surface area contributed by atoms with Crippen LogP contribution in [0.25, 0.3) is 10.9 Å². The molecule has 0 fully saturated rings. The number of Topliss-reactive ketones (excluding diaryl/α,β-unsaturated/α-hetero) is 1. The van der Waals surface area contributed by atoms with Crippen molar-refractivity contribution in [3.05, 3.63) is 59.8 Å². The van der Waals surface area contributed by atoms with Crippen molar-refractivity contribution >= 4 is 28.3 Å². The highest BCUT2D eigenvalue weighted by Gasteiger charge is 2.20. The lowest BCUT2D eigenvalue weighted by molar-refractivity contribution is -0.112. The van der Waals surface area contributed by atoms with Gasteiger partial charge >= 0.3 is 0 Å². The Bertz CT molecular complexity index is 879. The molecule has 0 unspecified atom stereocenters. The maximum absolute atomic E-state index is 12.4. The van der Waals surface area contributed by atoms with Crippen LogP contribution in [0.1, 0.15) is 15.9 Å². The van der Waals surface area contributed by atoms with Gasteiger partial charge in [0.2, 0.25) is 0 Å². The lowest BCUT2D eigenvalue weighted by Gasteiger charge is -2.05. The highest BCUT2D eigenvalue weighted by atomic mass is 16.5. The van der Waals surface area contributed by atoms with Crippen LogP contribution in [0.3, 0.4) is 0 Å². The van der Waals surface area contributed by atoms with E-state index < -0.39 is 11.7 Å². The van der Waals surface area contributed by atoms with Gasteiger partial charge in [0.25, 0.3) is 11.7 Å². The molecule has 23 heavy (non-hydrogen) atoms. The van der Waals surface area contributed by atoms with Crippen molar-refractivity contribution in [3.8, 4) is 5.75 Å². The summed E-state index contributed by atoms with van der Waals surface area (Å²) in [5.74, 6) is -0.559. The number of aromatic amines is 1. The van der Waals surface area contributed by atoms with E-state index in [9.17, 15) is 9.59 Å². The number of benzene rings is 2. The Balaban J connectivity index is 1.83. The van der Waals surface area contributed by atoms with Gasteiger partial charge in [0, 0.05) is 22.8 Å². The zero-order valence-electron chi connectivity index (χ0n) is 12.8. The Morgan fingerprint density at radius 3 is 2.52 bits per heavy atom. The number of anilines is 1. The van der Waals surface area contributed by atoms with E-state index in [1.807, 2.05) is 25.1 Å². The normalized spacial score (nSPS) is 10.5. The monoisotopic (exact) mass is 308 g/mol. The Morgan fingerprint density at radius 1 is 1.09 bits per heavy atom. The average Bonchev–Trinajstić information content (AvgIpc) is 2.97. The van der Waals surface area contributed by atoms with Gasteiger partial charge < -0.3 is 15.0 Å². The van der Waals surface area contributed by atoms with Crippen molar-refractivity contribution in [2.75, 3.05) is 12.4 Å². The van der Waals surface area contributed by atoms with Gasteiger partial charge in [-0.05, 0) is 43.3 Å². The number of hydrogen-bond acceptors (Lipinski definition) is 3. The zero-order chi connectivity index (χ0) is 16.4. The van der Waals surface area contributed by atoms with Crippen molar-refractivity contribution in [1.82, 2.24) is 4.98 Å².